The van der Waals surface area contributed by atoms with Crippen LogP contribution < -0.4 is 15.4 Å². The third-order valence-corrected chi connectivity index (χ3v) is 5.07. The van der Waals surface area contributed by atoms with Gasteiger partial charge in [0.25, 0.3) is 5.91 Å². The van der Waals surface area contributed by atoms with E-state index in [4.69, 9.17) is 28.6 Å². The third kappa shape index (κ3) is 6.26. The molecule has 154 valence electrons. The van der Waals surface area contributed by atoms with E-state index in [0.717, 1.165) is 10.0 Å². The SMILES string of the molecule is O=C(NC(=S)Nc1ccc(F)c(Cl)c1)c1cc(Br)ccc1OCCc1ccccc1. The maximum atomic E-state index is 13.3. The van der Waals surface area contributed by atoms with Gasteiger partial charge in [0.1, 0.15) is 11.6 Å². The highest BCUT2D eigenvalue weighted by Gasteiger charge is 2.15. The highest BCUT2D eigenvalue weighted by Crippen LogP contribution is 2.24. The average Bonchev–Trinajstić information content (AvgIpc) is 2.72. The molecule has 2 N–H and O–H groups in total. The Morgan fingerprint density at radius 3 is 2.60 bits per heavy atom. The summed E-state index contributed by atoms with van der Waals surface area (Å²) in [7, 11) is 0. The Morgan fingerprint density at radius 2 is 1.87 bits per heavy atom. The molecule has 0 bridgehead atoms. The van der Waals surface area contributed by atoms with Gasteiger partial charge in [-0.3, -0.25) is 10.1 Å². The Bertz CT molecular complexity index is 1070. The highest BCUT2D eigenvalue weighted by atomic mass is 79.9. The summed E-state index contributed by atoms with van der Waals surface area (Å²) in [6.45, 7) is 0.419. The minimum Gasteiger partial charge on any atom is -0.492 e. The lowest BCUT2D eigenvalue weighted by Crippen LogP contribution is -2.34. The molecule has 3 aromatic rings. The number of anilines is 1. The molecule has 0 aliphatic heterocycles. The molecular weight excluding hydrogens is 491 g/mol. The van der Waals surface area contributed by atoms with Gasteiger partial charge in [0.15, 0.2) is 5.11 Å². The van der Waals surface area contributed by atoms with Crippen LogP contribution in [0, 0.1) is 5.82 Å². The molecule has 0 radical (unpaired) electrons. The van der Waals surface area contributed by atoms with E-state index in [-0.39, 0.29) is 10.1 Å². The van der Waals surface area contributed by atoms with Crippen molar-refractivity contribution in [2.24, 2.45) is 0 Å². The number of amides is 1. The van der Waals surface area contributed by atoms with Gasteiger partial charge in [0, 0.05) is 16.6 Å². The molecule has 30 heavy (non-hydrogen) atoms. The van der Waals surface area contributed by atoms with Gasteiger partial charge >= 0.3 is 0 Å². The molecule has 0 unspecified atom stereocenters. The van der Waals surface area contributed by atoms with Crippen molar-refractivity contribution >= 4 is 56.5 Å². The number of carbonyl (C=O) groups excluding carboxylic acids is 1. The van der Waals surface area contributed by atoms with Crippen LogP contribution in [0.1, 0.15) is 15.9 Å². The molecule has 3 rings (SSSR count). The topological polar surface area (TPSA) is 50.4 Å². The molecule has 0 atom stereocenters. The fourth-order valence-electron chi connectivity index (χ4n) is 2.64. The number of benzene rings is 3. The van der Waals surface area contributed by atoms with Crippen LogP contribution in [-0.4, -0.2) is 17.6 Å². The van der Waals surface area contributed by atoms with Crippen molar-refractivity contribution in [2.45, 2.75) is 6.42 Å². The van der Waals surface area contributed by atoms with E-state index in [9.17, 15) is 9.18 Å². The van der Waals surface area contributed by atoms with Gasteiger partial charge in [-0.15, -0.1) is 0 Å². The number of ether oxygens (including phenoxy) is 1. The Hall–Kier alpha value is -2.48. The number of hydrogen-bond acceptors (Lipinski definition) is 3. The lowest BCUT2D eigenvalue weighted by atomic mass is 10.1. The quantitative estimate of drug-likeness (QED) is 0.402. The minimum absolute atomic E-state index is 0.0461. The summed E-state index contributed by atoms with van der Waals surface area (Å²) in [5.74, 6) is -0.528. The first kappa shape index (κ1) is 22.2. The van der Waals surface area contributed by atoms with Crippen LogP contribution in [0.25, 0.3) is 0 Å². The van der Waals surface area contributed by atoms with Crippen LogP contribution in [0.15, 0.2) is 71.2 Å². The lowest BCUT2D eigenvalue weighted by molar-refractivity contribution is 0.0973. The molecule has 0 fully saturated rings. The molecule has 0 heterocycles. The number of rotatable bonds is 6. The molecule has 1 amide bonds. The van der Waals surface area contributed by atoms with E-state index in [1.54, 1.807) is 18.2 Å². The molecule has 8 heteroatoms. The van der Waals surface area contributed by atoms with Gasteiger partial charge in [-0.2, -0.15) is 0 Å². The predicted molar refractivity (Wildman–Crippen MR) is 125 cm³/mol. The van der Waals surface area contributed by atoms with Crippen LogP contribution in [0.5, 0.6) is 5.75 Å². The molecule has 0 aliphatic rings. The number of nitrogens with one attached hydrogen (secondary N) is 2. The molecule has 0 aliphatic carbocycles. The number of thiocarbonyl (C=S) groups is 1. The maximum absolute atomic E-state index is 13.3. The van der Waals surface area contributed by atoms with Crippen LogP contribution in [-0.2, 0) is 6.42 Å². The third-order valence-electron chi connectivity index (χ3n) is 4.08. The summed E-state index contributed by atoms with van der Waals surface area (Å²) < 4.78 is 19.8. The first-order valence-corrected chi connectivity index (χ1v) is 10.5. The summed E-state index contributed by atoms with van der Waals surface area (Å²) >= 11 is 14.3. The maximum Gasteiger partial charge on any atom is 0.261 e. The van der Waals surface area contributed by atoms with Gasteiger partial charge in [-0.1, -0.05) is 57.9 Å². The van der Waals surface area contributed by atoms with Crippen LogP contribution in [0.4, 0.5) is 10.1 Å². The van der Waals surface area contributed by atoms with E-state index >= 15 is 0 Å². The van der Waals surface area contributed by atoms with E-state index in [1.807, 2.05) is 30.3 Å². The van der Waals surface area contributed by atoms with E-state index < -0.39 is 11.7 Å². The summed E-state index contributed by atoms with van der Waals surface area (Å²) in [4.78, 5) is 12.7. The molecule has 0 spiro atoms. The van der Waals surface area contributed by atoms with Crippen molar-refractivity contribution in [2.75, 3.05) is 11.9 Å². The van der Waals surface area contributed by atoms with Crippen molar-refractivity contribution in [1.82, 2.24) is 5.32 Å². The largest absolute Gasteiger partial charge is 0.492 e. The molecule has 3 aromatic carbocycles. The predicted octanol–water partition coefficient (Wildman–Crippen LogP) is 5.99. The van der Waals surface area contributed by atoms with Crippen molar-refractivity contribution in [3.8, 4) is 5.75 Å². The van der Waals surface area contributed by atoms with Crippen molar-refractivity contribution in [3.05, 3.63) is 93.2 Å². The van der Waals surface area contributed by atoms with Crippen molar-refractivity contribution in [3.63, 3.8) is 0 Å². The lowest BCUT2D eigenvalue weighted by Gasteiger charge is -2.14. The number of hydrogen-bond donors (Lipinski definition) is 2. The minimum atomic E-state index is -0.538. The Labute approximate surface area is 192 Å². The normalized spacial score (nSPS) is 10.4. The van der Waals surface area contributed by atoms with Crippen molar-refractivity contribution < 1.29 is 13.9 Å². The van der Waals surface area contributed by atoms with E-state index in [0.29, 0.717) is 30.0 Å². The van der Waals surface area contributed by atoms with Gasteiger partial charge in [-0.05, 0) is 54.2 Å². The Morgan fingerprint density at radius 1 is 1.10 bits per heavy atom. The highest BCUT2D eigenvalue weighted by molar-refractivity contribution is 9.10. The summed E-state index contributed by atoms with van der Waals surface area (Å²) in [5.41, 5.74) is 1.93. The zero-order valence-electron chi connectivity index (χ0n) is 15.6. The first-order valence-electron chi connectivity index (χ1n) is 8.96. The number of halogens is 3. The zero-order valence-corrected chi connectivity index (χ0v) is 18.8. The molecule has 0 saturated heterocycles. The fourth-order valence-corrected chi connectivity index (χ4v) is 3.39. The number of carbonyl (C=O) groups is 1. The average molecular weight is 508 g/mol. The van der Waals surface area contributed by atoms with Gasteiger partial charge in [-0.25, -0.2) is 4.39 Å². The Kier molecular flexibility index (Phi) is 7.79. The van der Waals surface area contributed by atoms with Crippen LogP contribution in [0.2, 0.25) is 5.02 Å². The van der Waals surface area contributed by atoms with Gasteiger partial charge < -0.3 is 10.1 Å². The zero-order chi connectivity index (χ0) is 21.5. The second kappa shape index (κ2) is 10.5. The van der Waals surface area contributed by atoms with Gasteiger partial charge in [0.2, 0.25) is 0 Å². The molecule has 4 nitrogen and oxygen atoms in total. The monoisotopic (exact) mass is 506 g/mol. The van der Waals surface area contributed by atoms with Crippen molar-refractivity contribution in [1.29, 1.82) is 0 Å². The summed E-state index contributed by atoms with van der Waals surface area (Å²) in [6.07, 6.45) is 0.712. The fraction of sp³-hybridized carbons (Fsp3) is 0.0909. The first-order chi connectivity index (χ1) is 14.4. The summed E-state index contributed by atoms with van der Waals surface area (Å²) in [5, 5.41) is 5.41. The molecular formula is C22H17BrClFN2O2S. The second-order valence-corrected chi connectivity index (χ2v) is 7.99. The van der Waals surface area contributed by atoms with Crippen LogP contribution in [0.3, 0.4) is 0 Å². The molecule has 0 aromatic heterocycles. The van der Waals surface area contributed by atoms with E-state index in [2.05, 4.69) is 26.6 Å². The Balaban J connectivity index is 1.64. The standard InChI is InChI=1S/C22H17BrClFN2O2S/c23-15-6-9-20(29-11-10-14-4-2-1-3-5-14)17(12-15)21(28)27-22(30)26-16-7-8-19(25)18(24)13-16/h1-9,12-13H,10-11H2,(H2,26,27,28,30). The van der Waals surface area contributed by atoms with Gasteiger partial charge in [0.05, 0.1) is 17.2 Å². The van der Waals surface area contributed by atoms with E-state index in [1.165, 1.54) is 18.2 Å². The smallest absolute Gasteiger partial charge is 0.261 e. The summed E-state index contributed by atoms with van der Waals surface area (Å²) in [6, 6.07) is 19.2. The molecule has 0 saturated carbocycles. The second-order valence-electron chi connectivity index (χ2n) is 6.26. The van der Waals surface area contributed by atoms with Crippen LogP contribution >= 0.6 is 39.7 Å².